The minimum atomic E-state index is -1.30. The second-order valence-corrected chi connectivity index (χ2v) is 15.1. The minimum absolute atomic E-state index is 0.0375. The van der Waals surface area contributed by atoms with E-state index < -0.39 is 5.54 Å². The van der Waals surface area contributed by atoms with Gasteiger partial charge in [-0.2, -0.15) is 0 Å². The average molecular weight is 936 g/mol. The largest absolute Gasteiger partial charge is 0.497 e. The number of ether oxygens (including phenoxy) is 6. The molecule has 0 fully saturated rings. The highest BCUT2D eigenvalue weighted by molar-refractivity contribution is 5.92. The molecule has 0 radical (unpaired) electrons. The van der Waals surface area contributed by atoms with Crippen LogP contribution in [0.2, 0.25) is 0 Å². The molecule has 3 aromatic rings. The second-order valence-electron chi connectivity index (χ2n) is 15.1. The van der Waals surface area contributed by atoms with E-state index >= 15 is 0 Å². The van der Waals surface area contributed by atoms with Gasteiger partial charge in [0, 0.05) is 81.6 Å². The first kappa shape index (κ1) is 54.6. The van der Waals surface area contributed by atoms with Gasteiger partial charge in [0.25, 0.3) is 0 Å². The molecule has 0 aliphatic carbocycles. The van der Waals surface area contributed by atoms with Gasteiger partial charge in [0.1, 0.15) is 22.8 Å². The Bertz CT molecular complexity index is 1790. The summed E-state index contributed by atoms with van der Waals surface area (Å²) in [6.07, 6.45) is 0.659. The number of rotatable bonds is 33. The number of methoxy groups -OCH3 is 3. The molecule has 0 aliphatic heterocycles. The molecule has 0 atom stereocenters. The van der Waals surface area contributed by atoms with E-state index in [9.17, 15) is 33.6 Å². The lowest BCUT2D eigenvalue weighted by Crippen LogP contribution is -2.58. The quantitative estimate of drug-likeness (QED) is 0.0433. The van der Waals surface area contributed by atoms with Crippen LogP contribution in [0.3, 0.4) is 0 Å². The molecular formula is C47H65N7O13. The Morgan fingerprint density at radius 2 is 0.701 bits per heavy atom. The number of nitrogens with one attached hydrogen (secondary N) is 7. The summed E-state index contributed by atoms with van der Waals surface area (Å²) in [4.78, 5) is 88.1. The van der Waals surface area contributed by atoms with Crippen molar-refractivity contribution in [3.8, 4) is 17.2 Å². The van der Waals surface area contributed by atoms with Crippen LogP contribution in [0.1, 0.15) is 58.3 Å². The Morgan fingerprint density at radius 1 is 0.403 bits per heavy atom. The van der Waals surface area contributed by atoms with Gasteiger partial charge in [0.15, 0.2) is 0 Å². The number of amides is 7. The van der Waals surface area contributed by atoms with Crippen LogP contribution in [-0.4, -0.2) is 127 Å². The molecule has 20 nitrogen and oxygen atoms in total. The molecule has 0 aromatic heterocycles. The van der Waals surface area contributed by atoms with Gasteiger partial charge in [-0.15, -0.1) is 0 Å². The van der Waals surface area contributed by atoms with Crippen LogP contribution in [-0.2, 0) is 47.8 Å². The lowest BCUT2D eigenvalue weighted by molar-refractivity contribution is -0.130. The van der Waals surface area contributed by atoms with Crippen LogP contribution in [0.4, 0.5) is 17.1 Å². The lowest BCUT2D eigenvalue weighted by Gasteiger charge is -2.34. The van der Waals surface area contributed by atoms with E-state index in [-0.39, 0.29) is 146 Å². The van der Waals surface area contributed by atoms with E-state index in [1.807, 2.05) is 6.92 Å². The number of carbonyl (C=O) groups is 7. The van der Waals surface area contributed by atoms with Crippen LogP contribution in [0.15, 0.2) is 72.8 Å². The summed E-state index contributed by atoms with van der Waals surface area (Å²) in [7, 11) is 4.63. The number of hydrogen-bond acceptors (Lipinski definition) is 13. The summed E-state index contributed by atoms with van der Waals surface area (Å²) in [6.45, 7) is 1.46. The molecule has 0 aliphatic rings. The summed E-state index contributed by atoms with van der Waals surface area (Å²) >= 11 is 0. The molecule has 0 bridgehead atoms. The highest BCUT2D eigenvalue weighted by Crippen LogP contribution is 2.17. The highest BCUT2D eigenvalue weighted by atomic mass is 16.5. The maximum Gasteiger partial charge on any atom is 0.226 e. The van der Waals surface area contributed by atoms with Gasteiger partial charge in [-0.1, -0.05) is 6.92 Å². The van der Waals surface area contributed by atoms with Crippen molar-refractivity contribution in [1.82, 2.24) is 21.3 Å². The van der Waals surface area contributed by atoms with E-state index in [0.29, 0.717) is 40.7 Å². The molecule has 7 amide bonds. The molecule has 3 rings (SSSR count). The summed E-state index contributed by atoms with van der Waals surface area (Å²) in [5.41, 5.74) is 0.468. The van der Waals surface area contributed by atoms with Crippen molar-refractivity contribution in [3.63, 3.8) is 0 Å². The Balaban J connectivity index is 1.51. The van der Waals surface area contributed by atoms with Crippen molar-refractivity contribution in [2.24, 2.45) is 0 Å². The van der Waals surface area contributed by atoms with Crippen LogP contribution in [0.5, 0.6) is 17.2 Å². The third-order valence-electron chi connectivity index (χ3n) is 9.58. The Hall–Kier alpha value is -6.77. The highest BCUT2D eigenvalue weighted by Gasteiger charge is 2.34. The zero-order valence-electron chi connectivity index (χ0n) is 38.8. The van der Waals surface area contributed by atoms with Gasteiger partial charge >= 0.3 is 0 Å². The maximum atomic E-state index is 13.0. The van der Waals surface area contributed by atoms with E-state index in [1.54, 1.807) is 94.1 Å². The third kappa shape index (κ3) is 23.3. The van der Waals surface area contributed by atoms with Gasteiger partial charge in [-0.3, -0.25) is 33.6 Å². The molecule has 0 saturated carbocycles. The van der Waals surface area contributed by atoms with Gasteiger partial charge in [-0.25, -0.2) is 0 Å². The fraction of sp³-hybridized carbons (Fsp3) is 0.468. The topological polar surface area (TPSA) is 259 Å². The molecule has 0 heterocycles. The SMILES string of the molecule is CCCC(=O)NC(COCCC(=O)NCCC(=O)Nc1ccc(OC)cc1)(COCCC(=O)NCCC(=O)Nc1ccc(OC)cc1)COCCC(=O)NCCC(=O)Nc1ccc(OC)cc1. The van der Waals surface area contributed by atoms with Crippen molar-refractivity contribution >= 4 is 58.4 Å². The number of anilines is 3. The Morgan fingerprint density at radius 3 is 0.970 bits per heavy atom. The van der Waals surface area contributed by atoms with Crippen molar-refractivity contribution in [3.05, 3.63) is 72.8 Å². The van der Waals surface area contributed by atoms with E-state index in [0.717, 1.165) is 0 Å². The van der Waals surface area contributed by atoms with Gasteiger partial charge in [0.2, 0.25) is 41.4 Å². The molecule has 366 valence electrons. The van der Waals surface area contributed by atoms with Crippen LogP contribution in [0.25, 0.3) is 0 Å². The predicted octanol–water partition coefficient (Wildman–Crippen LogP) is 3.32. The zero-order chi connectivity index (χ0) is 48.7. The summed E-state index contributed by atoms with van der Waals surface area (Å²) in [5.74, 6) is -0.313. The number of carbonyl (C=O) groups excluding carboxylic acids is 7. The molecule has 7 N–H and O–H groups in total. The first-order chi connectivity index (χ1) is 32.3. The molecule has 67 heavy (non-hydrogen) atoms. The third-order valence-corrected chi connectivity index (χ3v) is 9.58. The number of benzene rings is 3. The van der Waals surface area contributed by atoms with Crippen molar-refractivity contribution in [1.29, 1.82) is 0 Å². The Kier molecular flexibility index (Phi) is 25.4. The second kappa shape index (κ2) is 31.2. The zero-order valence-corrected chi connectivity index (χ0v) is 38.8. The van der Waals surface area contributed by atoms with Gasteiger partial charge < -0.3 is 65.6 Å². The molecular weight excluding hydrogens is 871 g/mol. The predicted molar refractivity (Wildman–Crippen MR) is 250 cm³/mol. The maximum absolute atomic E-state index is 13.0. The van der Waals surface area contributed by atoms with E-state index in [4.69, 9.17) is 28.4 Å². The average Bonchev–Trinajstić information content (AvgIpc) is 3.31. The van der Waals surface area contributed by atoms with Crippen LogP contribution < -0.4 is 51.4 Å². The van der Waals surface area contributed by atoms with Crippen LogP contribution in [0, 0.1) is 0 Å². The van der Waals surface area contributed by atoms with Gasteiger partial charge in [-0.05, 0) is 79.2 Å². The molecule has 0 unspecified atom stereocenters. The fourth-order valence-corrected chi connectivity index (χ4v) is 6.02. The standard InChI is InChI=1S/C47H65N7O13/c1-5-6-46(61)54-47(31-65-28-22-40(55)48-25-19-43(58)51-34-7-13-37(62-2)14-8-34,32-66-29-23-41(56)49-26-20-44(59)52-35-9-15-38(63-3)16-10-35)33-67-30-24-42(57)50-27-21-45(60)53-36-11-17-39(64-4)18-12-36/h7-18H,5-6,19-33H2,1-4H3,(H,48,55)(H,49,56)(H,50,57)(H,51,58)(H,52,59)(H,53,60)(H,54,61). The fourth-order valence-electron chi connectivity index (χ4n) is 6.02. The smallest absolute Gasteiger partial charge is 0.226 e. The summed E-state index contributed by atoms with van der Waals surface area (Å²) < 4.78 is 33.1. The van der Waals surface area contributed by atoms with Crippen LogP contribution >= 0.6 is 0 Å². The molecule has 3 aromatic carbocycles. The summed E-state index contributed by atoms with van der Waals surface area (Å²) in [6, 6.07) is 20.5. The first-order valence-corrected chi connectivity index (χ1v) is 22.0. The molecule has 0 spiro atoms. The van der Waals surface area contributed by atoms with E-state index in [1.165, 1.54) is 0 Å². The Labute approximate surface area is 391 Å². The number of hydrogen-bond donors (Lipinski definition) is 7. The molecule has 20 heteroatoms. The van der Waals surface area contributed by atoms with Crippen molar-refractivity contribution in [2.45, 2.75) is 63.8 Å². The van der Waals surface area contributed by atoms with Gasteiger partial charge in [0.05, 0.1) is 61.0 Å². The monoisotopic (exact) mass is 935 g/mol. The molecule has 0 saturated heterocycles. The lowest BCUT2D eigenvalue weighted by atomic mass is 10.0. The summed E-state index contributed by atoms with van der Waals surface area (Å²) in [5, 5.41) is 19.3. The van der Waals surface area contributed by atoms with Crippen molar-refractivity contribution in [2.75, 3.05) is 96.6 Å². The van der Waals surface area contributed by atoms with Crippen molar-refractivity contribution < 1.29 is 62.0 Å². The van der Waals surface area contributed by atoms with E-state index in [2.05, 4.69) is 37.2 Å². The minimum Gasteiger partial charge on any atom is -0.497 e. The normalized spacial score (nSPS) is 10.8. The first-order valence-electron chi connectivity index (χ1n) is 22.0.